The Kier molecular flexibility index (Phi) is 5.99. The number of benzene rings is 1. The maximum atomic E-state index is 12.2. The van der Waals surface area contributed by atoms with Crippen LogP contribution >= 0.6 is 0 Å². The van der Waals surface area contributed by atoms with Crippen LogP contribution < -0.4 is 0 Å². The molecular formula is C20H24N2O3. The van der Waals surface area contributed by atoms with Crippen LogP contribution in [0.2, 0.25) is 0 Å². The van der Waals surface area contributed by atoms with E-state index in [-0.39, 0.29) is 24.7 Å². The SMILES string of the molecule is O=C(CCC(=O)N1CCC(c2ccccc2)=N1)OCC1CC=CCC1. The average molecular weight is 340 g/mol. The standard InChI is InChI=1S/C20H24N2O3/c23-19(11-12-20(24)25-15-16-7-3-1-4-8-16)22-14-13-18(21-22)17-9-5-2-6-10-17/h1-3,5-6,9-10,16H,4,7-8,11-15H2. The first kappa shape index (κ1) is 17.4. The van der Waals surface area contributed by atoms with E-state index in [1.165, 1.54) is 5.01 Å². The Morgan fingerprint density at radius 2 is 2.00 bits per heavy atom. The first-order chi connectivity index (χ1) is 12.2. The summed E-state index contributed by atoms with van der Waals surface area (Å²) < 4.78 is 5.31. The number of allylic oxidation sites excluding steroid dienone is 2. The number of nitrogens with zero attached hydrogens (tertiary/aromatic N) is 2. The number of esters is 1. The van der Waals surface area contributed by atoms with Crippen molar-refractivity contribution in [1.82, 2.24) is 5.01 Å². The van der Waals surface area contributed by atoms with Crippen molar-refractivity contribution in [2.75, 3.05) is 13.2 Å². The molecule has 2 aliphatic rings. The van der Waals surface area contributed by atoms with Crippen LogP contribution in [0.4, 0.5) is 0 Å². The van der Waals surface area contributed by atoms with Gasteiger partial charge in [0.15, 0.2) is 0 Å². The van der Waals surface area contributed by atoms with E-state index in [4.69, 9.17) is 4.74 Å². The van der Waals surface area contributed by atoms with Crippen molar-refractivity contribution in [3.05, 3.63) is 48.0 Å². The van der Waals surface area contributed by atoms with Gasteiger partial charge in [-0.1, -0.05) is 42.5 Å². The lowest BCUT2D eigenvalue weighted by Crippen LogP contribution is -2.24. The van der Waals surface area contributed by atoms with Gasteiger partial charge in [-0.05, 0) is 30.7 Å². The lowest BCUT2D eigenvalue weighted by atomic mass is 9.95. The van der Waals surface area contributed by atoms with Gasteiger partial charge in [-0.25, -0.2) is 5.01 Å². The fourth-order valence-electron chi connectivity index (χ4n) is 3.10. The van der Waals surface area contributed by atoms with Gasteiger partial charge in [0.1, 0.15) is 0 Å². The Bertz CT molecular complexity index is 667. The van der Waals surface area contributed by atoms with Gasteiger partial charge in [0.25, 0.3) is 0 Å². The van der Waals surface area contributed by atoms with Crippen LogP contribution in [-0.4, -0.2) is 35.7 Å². The Labute approximate surface area is 148 Å². The molecule has 0 aromatic heterocycles. The molecule has 1 aliphatic carbocycles. The highest BCUT2D eigenvalue weighted by Gasteiger charge is 2.22. The van der Waals surface area contributed by atoms with E-state index in [1.54, 1.807) is 0 Å². The molecule has 1 heterocycles. The maximum Gasteiger partial charge on any atom is 0.306 e. The molecule has 0 N–H and O–H groups in total. The molecule has 5 heteroatoms. The first-order valence-electron chi connectivity index (χ1n) is 8.96. The van der Waals surface area contributed by atoms with E-state index >= 15 is 0 Å². The Morgan fingerprint density at radius 3 is 2.76 bits per heavy atom. The molecule has 0 spiro atoms. The second-order valence-corrected chi connectivity index (χ2v) is 6.51. The van der Waals surface area contributed by atoms with Gasteiger partial charge in [0, 0.05) is 12.8 Å². The van der Waals surface area contributed by atoms with E-state index in [2.05, 4.69) is 17.3 Å². The maximum absolute atomic E-state index is 12.2. The summed E-state index contributed by atoms with van der Waals surface area (Å²) in [5.41, 5.74) is 1.96. The Hall–Kier alpha value is -2.43. The molecule has 0 fully saturated rings. The molecule has 0 saturated heterocycles. The van der Waals surface area contributed by atoms with Crippen molar-refractivity contribution in [2.24, 2.45) is 11.0 Å². The minimum absolute atomic E-state index is 0.119. The molecule has 25 heavy (non-hydrogen) atoms. The predicted molar refractivity (Wildman–Crippen MR) is 96.0 cm³/mol. The van der Waals surface area contributed by atoms with Crippen LogP contribution in [0.3, 0.4) is 0 Å². The summed E-state index contributed by atoms with van der Waals surface area (Å²) in [6.45, 7) is 1.03. The molecule has 1 aromatic rings. The largest absolute Gasteiger partial charge is 0.465 e. The predicted octanol–water partition coefficient (Wildman–Crippen LogP) is 3.30. The molecule has 132 valence electrons. The molecular weight excluding hydrogens is 316 g/mol. The van der Waals surface area contributed by atoms with Gasteiger partial charge < -0.3 is 4.74 Å². The zero-order valence-electron chi connectivity index (χ0n) is 14.4. The van der Waals surface area contributed by atoms with E-state index in [1.807, 2.05) is 30.3 Å². The summed E-state index contributed by atoms with van der Waals surface area (Å²) in [4.78, 5) is 24.1. The number of carbonyl (C=O) groups is 2. The zero-order valence-corrected chi connectivity index (χ0v) is 14.4. The van der Waals surface area contributed by atoms with Gasteiger partial charge in [0.05, 0.1) is 25.3 Å². The topological polar surface area (TPSA) is 59.0 Å². The molecule has 1 aromatic carbocycles. The van der Waals surface area contributed by atoms with Crippen molar-refractivity contribution in [3.63, 3.8) is 0 Å². The number of hydrogen-bond donors (Lipinski definition) is 0. The Balaban J connectivity index is 1.41. The monoisotopic (exact) mass is 340 g/mol. The molecule has 3 rings (SSSR count). The summed E-state index contributed by atoms with van der Waals surface area (Å²) in [7, 11) is 0. The highest BCUT2D eigenvalue weighted by molar-refractivity contribution is 6.02. The van der Waals surface area contributed by atoms with Crippen molar-refractivity contribution in [3.8, 4) is 0 Å². The fourth-order valence-corrected chi connectivity index (χ4v) is 3.10. The molecule has 0 saturated carbocycles. The smallest absolute Gasteiger partial charge is 0.306 e. The molecule has 0 bridgehead atoms. The minimum atomic E-state index is -0.297. The molecule has 5 nitrogen and oxygen atoms in total. The summed E-state index contributed by atoms with van der Waals surface area (Å²) in [5.74, 6) is -0.000826. The first-order valence-corrected chi connectivity index (χ1v) is 8.96. The summed E-state index contributed by atoms with van der Waals surface area (Å²) in [6.07, 6.45) is 8.40. The van der Waals surface area contributed by atoms with Crippen molar-refractivity contribution in [2.45, 2.75) is 38.5 Å². The number of hydrazone groups is 1. The third-order valence-corrected chi connectivity index (χ3v) is 4.60. The van der Waals surface area contributed by atoms with Crippen molar-refractivity contribution in [1.29, 1.82) is 0 Å². The normalized spacial score (nSPS) is 19.6. The molecule has 1 unspecified atom stereocenters. The summed E-state index contributed by atoms with van der Waals surface area (Å²) >= 11 is 0. The second kappa shape index (κ2) is 8.60. The lowest BCUT2D eigenvalue weighted by molar-refractivity contribution is -0.147. The van der Waals surface area contributed by atoms with Gasteiger partial charge in [-0.2, -0.15) is 5.10 Å². The number of ether oxygens (including phenoxy) is 1. The van der Waals surface area contributed by atoms with Gasteiger partial charge in [-0.15, -0.1) is 0 Å². The van der Waals surface area contributed by atoms with Crippen LogP contribution in [0.5, 0.6) is 0 Å². The van der Waals surface area contributed by atoms with Gasteiger partial charge in [0.2, 0.25) is 5.91 Å². The fraction of sp³-hybridized carbons (Fsp3) is 0.450. The third-order valence-electron chi connectivity index (χ3n) is 4.60. The number of rotatable bonds is 6. The summed E-state index contributed by atoms with van der Waals surface area (Å²) in [6, 6.07) is 9.85. The molecule has 1 atom stereocenters. The number of carbonyl (C=O) groups excluding carboxylic acids is 2. The van der Waals surface area contributed by atoms with Crippen LogP contribution in [0.1, 0.15) is 44.1 Å². The van der Waals surface area contributed by atoms with Crippen LogP contribution in [0.25, 0.3) is 0 Å². The van der Waals surface area contributed by atoms with E-state index in [0.29, 0.717) is 19.1 Å². The van der Waals surface area contributed by atoms with Crippen molar-refractivity contribution < 1.29 is 14.3 Å². The Morgan fingerprint density at radius 1 is 1.16 bits per heavy atom. The minimum Gasteiger partial charge on any atom is -0.465 e. The van der Waals surface area contributed by atoms with E-state index < -0.39 is 0 Å². The lowest BCUT2D eigenvalue weighted by Gasteiger charge is -2.17. The van der Waals surface area contributed by atoms with Crippen LogP contribution in [0, 0.1) is 5.92 Å². The highest BCUT2D eigenvalue weighted by Crippen LogP contribution is 2.19. The number of amides is 1. The number of hydrogen-bond acceptors (Lipinski definition) is 4. The van der Waals surface area contributed by atoms with Gasteiger partial charge in [-0.3, -0.25) is 9.59 Å². The average Bonchev–Trinajstić information content (AvgIpc) is 3.16. The van der Waals surface area contributed by atoms with Gasteiger partial charge >= 0.3 is 5.97 Å². The van der Waals surface area contributed by atoms with Crippen molar-refractivity contribution >= 4 is 17.6 Å². The highest BCUT2D eigenvalue weighted by atomic mass is 16.5. The quantitative estimate of drug-likeness (QED) is 0.590. The van der Waals surface area contributed by atoms with E-state index in [0.717, 1.165) is 37.0 Å². The third kappa shape index (κ3) is 5.02. The molecule has 1 amide bonds. The second-order valence-electron chi connectivity index (χ2n) is 6.51. The summed E-state index contributed by atoms with van der Waals surface area (Å²) in [5, 5.41) is 5.87. The molecule has 1 aliphatic heterocycles. The van der Waals surface area contributed by atoms with Crippen LogP contribution in [0.15, 0.2) is 47.6 Å². The molecule has 0 radical (unpaired) electrons. The zero-order chi connectivity index (χ0) is 17.5. The van der Waals surface area contributed by atoms with E-state index in [9.17, 15) is 9.59 Å². The van der Waals surface area contributed by atoms with Crippen LogP contribution in [-0.2, 0) is 14.3 Å².